The fraction of sp³-hybridized carbons (Fsp3) is 0.111. The minimum absolute atomic E-state index is 0.198. The van der Waals surface area contributed by atoms with Gasteiger partial charge in [0.15, 0.2) is 0 Å². The second-order valence-electron chi connectivity index (χ2n) is 2.98. The second kappa shape index (κ2) is 3.79. The van der Waals surface area contributed by atoms with Crippen LogP contribution in [0.15, 0.2) is 16.7 Å². The number of aromatic carboxylic acids is 1. The van der Waals surface area contributed by atoms with Gasteiger partial charge in [0.1, 0.15) is 5.56 Å². The van der Waals surface area contributed by atoms with Gasteiger partial charge in [0.05, 0.1) is 16.8 Å². The van der Waals surface area contributed by atoms with Crippen molar-refractivity contribution in [1.82, 2.24) is 10.2 Å². The van der Waals surface area contributed by atoms with E-state index < -0.39 is 5.97 Å². The molecule has 2 aromatic rings. The largest absolute Gasteiger partial charge is 0.478 e. The summed E-state index contributed by atoms with van der Waals surface area (Å²) in [6, 6.07) is 1.89. The number of carboxylic acids is 1. The number of carboxylic acid groups (broad SMARTS) is 1. The zero-order valence-corrected chi connectivity index (χ0v) is 10.1. The van der Waals surface area contributed by atoms with Gasteiger partial charge in [-0.2, -0.15) is 5.10 Å². The summed E-state index contributed by atoms with van der Waals surface area (Å²) in [6.07, 6.45) is 1.32. The Morgan fingerprint density at radius 2 is 2.40 bits per heavy atom. The van der Waals surface area contributed by atoms with Crippen molar-refractivity contribution < 1.29 is 9.90 Å². The summed E-state index contributed by atoms with van der Waals surface area (Å²) < 4.78 is 0.980. The molecule has 0 spiro atoms. The van der Waals surface area contributed by atoms with Gasteiger partial charge in [0.25, 0.3) is 0 Å². The molecule has 0 saturated carbocycles. The van der Waals surface area contributed by atoms with Crippen LogP contribution < -0.4 is 0 Å². The average Bonchev–Trinajstić information content (AvgIpc) is 2.73. The molecule has 2 heterocycles. The maximum Gasteiger partial charge on any atom is 0.339 e. The van der Waals surface area contributed by atoms with Gasteiger partial charge in [-0.05, 0) is 28.9 Å². The highest BCUT2D eigenvalue weighted by Crippen LogP contribution is 2.34. The van der Waals surface area contributed by atoms with Crippen LogP contribution in [0.25, 0.3) is 10.6 Å². The van der Waals surface area contributed by atoms with Crippen molar-refractivity contribution in [2.24, 2.45) is 0 Å². The van der Waals surface area contributed by atoms with Gasteiger partial charge in [0, 0.05) is 9.35 Å². The Labute approximate surface area is 98.1 Å². The highest BCUT2D eigenvalue weighted by atomic mass is 79.9. The number of carbonyl (C=O) groups is 1. The summed E-state index contributed by atoms with van der Waals surface area (Å²) in [5, 5.41) is 15.4. The van der Waals surface area contributed by atoms with E-state index in [1.807, 2.05) is 13.0 Å². The molecule has 0 aliphatic heterocycles. The Morgan fingerprint density at radius 1 is 1.67 bits per heavy atom. The molecular formula is C9H7BrN2O2S. The fourth-order valence-electron chi connectivity index (χ4n) is 1.22. The van der Waals surface area contributed by atoms with Crippen molar-refractivity contribution in [2.45, 2.75) is 6.92 Å². The maximum absolute atomic E-state index is 10.9. The van der Waals surface area contributed by atoms with Gasteiger partial charge in [-0.25, -0.2) is 4.79 Å². The van der Waals surface area contributed by atoms with E-state index in [1.54, 1.807) is 0 Å². The van der Waals surface area contributed by atoms with E-state index in [9.17, 15) is 4.79 Å². The molecule has 0 aliphatic carbocycles. The molecule has 6 heteroatoms. The lowest BCUT2D eigenvalue weighted by Crippen LogP contribution is -1.95. The topological polar surface area (TPSA) is 66.0 Å². The number of aromatic amines is 1. The molecule has 0 amide bonds. The summed E-state index contributed by atoms with van der Waals surface area (Å²) >= 11 is 4.91. The summed E-state index contributed by atoms with van der Waals surface area (Å²) in [5.74, 6) is -0.971. The number of nitrogens with zero attached hydrogens (tertiary/aromatic N) is 1. The van der Waals surface area contributed by atoms with Crippen molar-refractivity contribution in [1.29, 1.82) is 0 Å². The third-order valence-corrected chi connectivity index (χ3v) is 4.13. The first-order valence-corrected chi connectivity index (χ1v) is 5.73. The zero-order valence-electron chi connectivity index (χ0n) is 7.74. The van der Waals surface area contributed by atoms with E-state index in [1.165, 1.54) is 17.5 Å². The van der Waals surface area contributed by atoms with Crippen LogP contribution in [-0.4, -0.2) is 21.3 Å². The number of aromatic nitrogens is 2. The van der Waals surface area contributed by atoms with E-state index in [0.29, 0.717) is 5.69 Å². The third-order valence-electron chi connectivity index (χ3n) is 1.97. The molecule has 0 radical (unpaired) electrons. The van der Waals surface area contributed by atoms with Crippen LogP contribution in [0, 0.1) is 6.92 Å². The number of thiophene rings is 1. The summed E-state index contributed by atoms with van der Waals surface area (Å²) in [7, 11) is 0. The average molecular weight is 287 g/mol. The van der Waals surface area contributed by atoms with Gasteiger partial charge in [-0.15, -0.1) is 11.3 Å². The van der Waals surface area contributed by atoms with Gasteiger partial charge < -0.3 is 5.11 Å². The first-order chi connectivity index (χ1) is 7.09. The Bertz CT molecular complexity index is 498. The van der Waals surface area contributed by atoms with Gasteiger partial charge in [-0.1, -0.05) is 0 Å². The summed E-state index contributed by atoms with van der Waals surface area (Å²) in [6.45, 7) is 1.97. The zero-order chi connectivity index (χ0) is 11.0. The van der Waals surface area contributed by atoms with Crippen molar-refractivity contribution >= 4 is 33.2 Å². The monoisotopic (exact) mass is 286 g/mol. The van der Waals surface area contributed by atoms with Gasteiger partial charge >= 0.3 is 5.97 Å². The third kappa shape index (κ3) is 1.82. The number of halogens is 1. The molecule has 2 aromatic heterocycles. The fourth-order valence-corrected chi connectivity index (χ4v) is 2.76. The number of aryl methyl sites for hydroxylation is 1. The number of hydrogen-bond donors (Lipinski definition) is 2. The lowest BCUT2D eigenvalue weighted by molar-refractivity contribution is 0.0698. The van der Waals surface area contributed by atoms with E-state index in [2.05, 4.69) is 26.1 Å². The highest BCUT2D eigenvalue weighted by Gasteiger charge is 2.16. The minimum atomic E-state index is -0.971. The number of hydrogen-bond acceptors (Lipinski definition) is 3. The second-order valence-corrected chi connectivity index (χ2v) is 5.09. The highest BCUT2D eigenvalue weighted by molar-refractivity contribution is 9.10. The summed E-state index contributed by atoms with van der Waals surface area (Å²) in [5.41, 5.74) is 0.755. The lowest BCUT2D eigenvalue weighted by atomic mass is 10.2. The molecule has 2 N–H and O–H groups in total. The Kier molecular flexibility index (Phi) is 2.62. The number of rotatable bonds is 2. The van der Waals surface area contributed by atoms with Crippen LogP contribution in [-0.2, 0) is 0 Å². The van der Waals surface area contributed by atoms with Gasteiger partial charge in [-0.3, -0.25) is 5.10 Å². The lowest BCUT2D eigenvalue weighted by Gasteiger charge is -1.93. The summed E-state index contributed by atoms with van der Waals surface area (Å²) in [4.78, 5) is 12.9. The minimum Gasteiger partial charge on any atom is -0.478 e. The van der Waals surface area contributed by atoms with E-state index in [4.69, 9.17) is 5.11 Å². The molecule has 78 valence electrons. The molecule has 0 bridgehead atoms. The van der Waals surface area contributed by atoms with Gasteiger partial charge in [0.2, 0.25) is 0 Å². The van der Waals surface area contributed by atoms with Crippen LogP contribution in [0.5, 0.6) is 0 Å². The molecular weight excluding hydrogens is 280 g/mol. The van der Waals surface area contributed by atoms with E-state index in [0.717, 1.165) is 14.2 Å². The quantitative estimate of drug-likeness (QED) is 0.892. The number of nitrogens with one attached hydrogen (secondary N) is 1. The van der Waals surface area contributed by atoms with E-state index >= 15 is 0 Å². The van der Waals surface area contributed by atoms with Crippen LogP contribution in [0.4, 0.5) is 0 Å². The molecule has 0 saturated heterocycles. The predicted molar refractivity (Wildman–Crippen MR) is 61.3 cm³/mol. The van der Waals surface area contributed by atoms with Crippen molar-refractivity contribution in [3.63, 3.8) is 0 Å². The van der Waals surface area contributed by atoms with E-state index in [-0.39, 0.29) is 5.56 Å². The first kappa shape index (κ1) is 10.4. The van der Waals surface area contributed by atoms with Crippen LogP contribution in [0.3, 0.4) is 0 Å². The molecule has 0 aliphatic rings. The Morgan fingerprint density at radius 3 is 2.93 bits per heavy atom. The molecule has 0 atom stereocenters. The molecule has 15 heavy (non-hydrogen) atoms. The van der Waals surface area contributed by atoms with Crippen LogP contribution >= 0.6 is 27.3 Å². The molecule has 4 nitrogen and oxygen atoms in total. The molecule has 0 fully saturated rings. The van der Waals surface area contributed by atoms with Crippen molar-refractivity contribution in [2.75, 3.05) is 0 Å². The normalized spacial score (nSPS) is 10.5. The molecule has 0 unspecified atom stereocenters. The Balaban J connectivity index is 2.54. The maximum atomic E-state index is 10.9. The molecule has 0 aromatic carbocycles. The first-order valence-electron chi connectivity index (χ1n) is 4.12. The Hall–Kier alpha value is -1.14. The van der Waals surface area contributed by atoms with Crippen molar-refractivity contribution in [3.05, 3.63) is 27.2 Å². The standard InChI is InChI=1S/C9H7BrN2O2S/c1-4-6(10)2-7(15-4)8-5(9(13)14)3-11-12-8/h2-3H,1H3,(H,11,12)(H,13,14). The smallest absolute Gasteiger partial charge is 0.339 e. The number of H-pyrrole nitrogens is 1. The predicted octanol–water partition coefficient (Wildman–Crippen LogP) is 2.91. The van der Waals surface area contributed by atoms with Crippen LogP contribution in [0.2, 0.25) is 0 Å². The van der Waals surface area contributed by atoms with Crippen LogP contribution in [0.1, 0.15) is 15.2 Å². The molecule has 2 rings (SSSR count). The SMILES string of the molecule is Cc1sc(-c2[nH]ncc2C(=O)O)cc1Br. The van der Waals surface area contributed by atoms with Crippen molar-refractivity contribution in [3.8, 4) is 10.6 Å².